The molecule has 142 valence electrons. The van der Waals surface area contributed by atoms with Crippen LogP contribution in [0.1, 0.15) is 18.2 Å². The number of amides is 1. The van der Waals surface area contributed by atoms with Crippen molar-refractivity contribution in [2.75, 3.05) is 44.9 Å². The minimum atomic E-state index is -0.247. The van der Waals surface area contributed by atoms with Gasteiger partial charge < -0.3 is 20.3 Å². The fourth-order valence-corrected chi connectivity index (χ4v) is 2.73. The summed E-state index contributed by atoms with van der Waals surface area (Å²) in [7, 11) is 5.62. The Morgan fingerprint density at radius 2 is 2.15 bits per heavy atom. The van der Waals surface area contributed by atoms with Crippen molar-refractivity contribution in [1.29, 1.82) is 5.26 Å². The van der Waals surface area contributed by atoms with E-state index in [0.29, 0.717) is 47.1 Å². The normalized spacial score (nSPS) is 11.0. The first-order valence-corrected chi connectivity index (χ1v) is 8.72. The fourth-order valence-electron chi connectivity index (χ4n) is 2.73. The maximum atomic E-state index is 12.3. The van der Waals surface area contributed by atoms with Gasteiger partial charge in [0.1, 0.15) is 11.8 Å². The van der Waals surface area contributed by atoms with E-state index in [-0.39, 0.29) is 5.91 Å². The molecule has 1 aromatic carbocycles. The van der Waals surface area contributed by atoms with Crippen molar-refractivity contribution in [2.24, 2.45) is 0 Å². The highest BCUT2D eigenvalue weighted by molar-refractivity contribution is 6.04. The van der Waals surface area contributed by atoms with Crippen LogP contribution in [0.5, 0.6) is 5.75 Å². The van der Waals surface area contributed by atoms with Crippen LogP contribution < -0.4 is 15.4 Å². The second-order valence-electron chi connectivity index (χ2n) is 6.26. The van der Waals surface area contributed by atoms with Crippen LogP contribution in [-0.4, -0.2) is 50.1 Å². The molecule has 2 N–H and O–H groups in total. The Morgan fingerprint density at radius 1 is 1.41 bits per heavy atom. The van der Waals surface area contributed by atoms with Crippen LogP contribution >= 0.6 is 0 Å². The topological polar surface area (TPSA) is 90.3 Å². The van der Waals surface area contributed by atoms with Crippen molar-refractivity contribution >= 4 is 28.2 Å². The number of rotatable bonds is 7. The van der Waals surface area contributed by atoms with Gasteiger partial charge >= 0.3 is 0 Å². The third-order valence-electron chi connectivity index (χ3n) is 3.93. The lowest BCUT2D eigenvalue weighted by Gasteiger charge is -2.15. The van der Waals surface area contributed by atoms with Gasteiger partial charge in [0.2, 0.25) is 5.91 Å². The summed E-state index contributed by atoms with van der Waals surface area (Å²) in [5.74, 6) is 0.293. The van der Waals surface area contributed by atoms with E-state index in [1.807, 2.05) is 25.9 Å². The number of ether oxygens (including phenoxy) is 1. The van der Waals surface area contributed by atoms with E-state index in [4.69, 9.17) is 4.74 Å². The molecule has 0 aliphatic carbocycles. The summed E-state index contributed by atoms with van der Waals surface area (Å²) in [4.78, 5) is 18.7. The van der Waals surface area contributed by atoms with Crippen molar-refractivity contribution in [2.45, 2.75) is 13.8 Å². The molecule has 7 heteroatoms. The zero-order valence-electron chi connectivity index (χ0n) is 16.4. The number of aromatic nitrogens is 1. The Labute approximate surface area is 159 Å². The minimum Gasteiger partial charge on any atom is -0.492 e. The van der Waals surface area contributed by atoms with Crippen molar-refractivity contribution in [3.8, 4) is 11.8 Å². The molecule has 1 heterocycles. The summed E-state index contributed by atoms with van der Waals surface area (Å²) in [6.45, 7) is 4.80. The van der Waals surface area contributed by atoms with Gasteiger partial charge in [-0.25, -0.2) is 0 Å². The van der Waals surface area contributed by atoms with Crippen LogP contribution in [0.15, 0.2) is 24.3 Å². The molecule has 0 radical (unpaired) electrons. The molecule has 0 aliphatic heterocycles. The van der Waals surface area contributed by atoms with Crippen molar-refractivity contribution in [3.63, 3.8) is 0 Å². The zero-order valence-corrected chi connectivity index (χ0v) is 16.4. The number of carbonyl (C=O) groups excluding carboxylic acids is 1. The first kappa shape index (κ1) is 20.2. The largest absolute Gasteiger partial charge is 0.492 e. The Balaban J connectivity index is 2.52. The van der Waals surface area contributed by atoms with Gasteiger partial charge in [0, 0.05) is 31.1 Å². The van der Waals surface area contributed by atoms with Gasteiger partial charge in [-0.15, -0.1) is 0 Å². The lowest BCUT2D eigenvalue weighted by Crippen LogP contribution is -2.13. The van der Waals surface area contributed by atoms with E-state index in [1.54, 1.807) is 32.2 Å². The summed E-state index contributed by atoms with van der Waals surface area (Å²) in [6.07, 6.45) is 3.28. The standard InChI is InChI=1S/C20H25N5O2/c1-6-27-18-11-16-14(20(22-3)15(12-21)13(2)23-16)10-17(18)24-19(26)8-7-9-25(4)5/h7-8,10-11H,6,9H2,1-5H3,(H,22,23)(H,24,26)/b8-7+. The van der Waals surface area contributed by atoms with E-state index in [0.717, 1.165) is 5.39 Å². The number of carbonyl (C=O) groups is 1. The summed E-state index contributed by atoms with van der Waals surface area (Å²) in [6, 6.07) is 5.76. The minimum absolute atomic E-state index is 0.247. The smallest absolute Gasteiger partial charge is 0.248 e. The lowest BCUT2D eigenvalue weighted by atomic mass is 10.1. The van der Waals surface area contributed by atoms with Gasteiger partial charge in [0.25, 0.3) is 0 Å². The van der Waals surface area contributed by atoms with Gasteiger partial charge in [0.05, 0.1) is 34.8 Å². The third-order valence-corrected chi connectivity index (χ3v) is 3.93. The van der Waals surface area contributed by atoms with E-state index in [9.17, 15) is 10.1 Å². The van der Waals surface area contributed by atoms with Gasteiger partial charge in [-0.2, -0.15) is 5.26 Å². The van der Waals surface area contributed by atoms with Crippen molar-refractivity contribution in [1.82, 2.24) is 9.88 Å². The molecule has 1 aromatic heterocycles. The number of fused-ring (bicyclic) bond motifs is 1. The number of likely N-dealkylation sites (N-methyl/N-ethyl adjacent to an activating group) is 1. The number of pyridine rings is 1. The highest BCUT2D eigenvalue weighted by Crippen LogP contribution is 2.35. The quantitative estimate of drug-likeness (QED) is 0.731. The van der Waals surface area contributed by atoms with Crippen molar-refractivity contribution < 1.29 is 9.53 Å². The highest BCUT2D eigenvalue weighted by atomic mass is 16.5. The molecule has 0 spiro atoms. The Bertz CT molecular complexity index is 913. The molecule has 0 bridgehead atoms. The third kappa shape index (κ3) is 4.74. The van der Waals surface area contributed by atoms with Crippen molar-refractivity contribution in [3.05, 3.63) is 35.5 Å². The number of anilines is 2. The molecule has 2 aromatic rings. The maximum Gasteiger partial charge on any atom is 0.248 e. The first-order valence-electron chi connectivity index (χ1n) is 8.72. The van der Waals surface area contributed by atoms with Gasteiger partial charge in [-0.3, -0.25) is 9.78 Å². The van der Waals surface area contributed by atoms with E-state index >= 15 is 0 Å². The molecule has 7 nitrogen and oxygen atoms in total. The van der Waals surface area contributed by atoms with Gasteiger partial charge in [-0.05, 0) is 34.0 Å². The predicted octanol–water partition coefficient (Wildman–Crippen LogP) is 2.91. The number of hydrogen-bond donors (Lipinski definition) is 2. The van der Waals surface area contributed by atoms with E-state index in [1.165, 1.54) is 6.08 Å². The summed E-state index contributed by atoms with van der Waals surface area (Å²) < 4.78 is 5.69. The Kier molecular flexibility index (Phi) is 6.74. The van der Waals surface area contributed by atoms with Gasteiger partial charge in [-0.1, -0.05) is 6.08 Å². The molecule has 0 saturated carbocycles. The molecular weight excluding hydrogens is 342 g/mol. The summed E-state index contributed by atoms with van der Waals surface area (Å²) >= 11 is 0. The van der Waals surface area contributed by atoms with Crippen LogP contribution in [-0.2, 0) is 4.79 Å². The number of benzene rings is 1. The predicted molar refractivity (Wildman–Crippen MR) is 108 cm³/mol. The Hall–Kier alpha value is -3.11. The second kappa shape index (κ2) is 9.01. The molecule has 2 rings (SSSR count). The molecule has 0 aliphatic rings. The van der Waals surface area contributed by atoms with E-state index < -0.39 is 0 Å². The number of nitrogens with one attached hydrogen (secondary N) is 2. The van der Waals surface area contributed by atoms with E-state index in [2.05, 4.69) is 21.7 Å². The average Bonchev–Trinajstić information content (AvgIpc) is 2.61. The van der Waals surface area contributed by atoms with Crippen LogP contribution in [0.3, 0.4) is 0 Å². The number of hydrogen-bond acceptors (Lipinski definition) is 6. The molecule has 0 saturated heterocycles. The van der Waals surface area contributed by atoms with Crippen LogP contribution in [0.25, 0.3) is 10.9 Å². The maximum absolute atomic E-state index is 12.3. The number of nitriles is 1. The molecule has 0 unspecified atom stereocenters. The second-order valence-corrected chi connectivity index (χ2v) is 6.26. The van der Waals surface area contributed by atoms with Crippen LogP contribution in [0, 0.1) is 18.3 Å². The van der Waals surface area contributed by atoms with Crippen LogP contribution in [0.4, 0.5) is 11.4 Å². The average molecular weight is 367 g/mol. The lowest BCUT2D eigenvalue weighted by molar-refractivity contribution is -0.111. The summed E-state index contributed by atoms with van der Waals surface area (Å²) in [5, 5.41) is 16.1. The van der Waals surface area contributed by atoms with Gasteiger partial charge in [0.15, 0.2) is 0 Å². The molecular formula is C20H25N5O2. The molecule has 1 amide bonds. The Morgan fingerprint density at radius 3 is 2.74 bits per heavy atom. The van der Waals surface area contributed by atoms with Crippen LogP contribution in [0.2, 0.25) is 0 Å². The first-order chi connectivity index (χ1) is 12.9. The SMILES string of the molecule is CCOc1cc2nc(C)c(C#N)c(NC)c2cc1NC(=O)/C=C/CN(C)C. The monoisotopic (exact) mass is 367 g/mol. The molecule has 27 heavy (non-hydrogen) atoms. The molecule has 0 atom stereocenters. The highest BCUT2D eigenvalue weighted by Gasteiger charge is 2.16. The molecule has 0 fully saturated rings. The fraction of sp³-hybridized carbons (Fsp3) is 0.350. The zero-order chi connectivity index (χ0) is 20.0. The summed E-state index contributed by atoms with van der Waals surface area (Å²) in [5.41, 5.74) is 3.04. The number of nitrogens with zero attached hydrogens (tertiary/aromatic N) is 3. The number of aryl methyl sites for hydroxylation is 1.